The Bertz CT molecular complexity index is 519. The Balaban J connectivity index is 1.80. The molecule has 0 aliphatic carbocycles. The number of hydrogen-bond acceptors (Lipinski definition) is 4. The highest BCUT2D eigenvalue weighted by Crippen LogP contribution is 2.18. The number of rotatable bonds is 3. The van der Waals surface area contributed by atoms with E-state index in [9.17, 15) is 0 Å². The second kappa shape index (κ2) is 4.94. The number of piperidine rings is 1. The van der Waals surface area contributed by atoms with E-state index >= 15 is 0 Å². The lowest BCUT2D eigenvalue weighted by molar-refractivity contribution is 0.429. The number of aromatic nitrogens is 3. The van der Waals surface area contributed by atoms with Crippen LogP contribution in [-0.4, -0.2) is 40.3 Å². The minimum Gasteiger partial charge on any atom is -0.355 e. The summed E-state index contributed by atoms with van der Waals surface area (Å²) in [7, 11) is 0. The van der Waals surface area contributed by atoms with Crippen LogP contribution in [0.4, 0.5) is 5.82 Å². The first-order chi connectivity index (χ1) is 8.86. The van der Waals surface area contributed by atoms with E-state index in [0.717, 1.165) is 31.1 Å². The molecule has 96 valence electrons. The summed E-state index contributed by atoms with van der Waals surface area (Å²) in [5.41, 5.74) is 0.915. The third kappa shape index (κ3) is 2.18. The minimum absolute atomic E-state index is 0.590. The third-order valence-corrected chi connectivity index (χ3v) is 3.48. The van der Waals surface area contributed by atoms with Gasteiger partial charge in [-0.05, 0) is 25.5 Å². The molecule has 5 nitrogen and oxygen atoms in total. The van der Waals surface area contributed by atoms with Gasteiger partial charge in [0, 0.05) is 31.4 Å². The van der Waals surface area contributed by atoms with Gasteiger partial charge in [0.1, 0.15) is 5.82 Å². The van der Waals surface area contributed by atoms with E-state index in [4.69, 9.17) is 0 Å². The molecule has 1 saturated heterocycles. The van der Waals surface area contributed by atoms with Gasteiger partial charge in [-0.25, -0.2) is 9.50 Å². The molecular formula is C13H19N5. The van der Waals surface area contributed by atoms with Gasteiger partial charge in [0.2, 0.25) is 0 Å². The molecule has 0 aromatic carbocycles. The van der Waals surface area contributed by atoms with Crippen molar-refractivity contribution in [1.82, 2.24) is 19.9 Å². The van der Waals surface area contributed by atoms with Crippen LogP contribution in [0.25, 0.3) is 5.65 Å². The molecule has 18 heavy (non-hydrogen) atoms. The van der Waals surface area contributed by atoms with Crippen LogP contribution in [0, 0.1) is 0 Å². The number of nitrogens with zero attached hydrogens (tertiary/aromatic N) is 4. The molecule has 1 aliphatic rings. The highest BCUT2D eigenvalue weighted by atomic mass is 15.3. The van der Waals surface area contributed by atoms with Crippen molar-refractivity contribution < 1.29 is 0 Å². The minimum atomic E-state index is 0.590. The number of likely N-dealkylation sites (N-methyl/N-ethyl adjacent to an activating group) is 1. The van der Waals surface area contributed by atoms with Gasteiger partial charge in [-0.15, -0.1) is 0 Å². The average Bonchev–Trinajstić information content (AvgIpc) is 2.86. The molecule has 1 fully saturated rings. The van der Waals surface area contributed by atoms with Gasteiger partial charge < -0.3 is 10.2 Å². The van der Waals surface area contributed by atoms with E-state index in [1.165, 1.54) is 12.8 Å². The van der Waals surface area contributed by atoms with Gasteiger partial charge in [0.25, 0.3) is 0 Å². The summed E-state index contributed by atoms with van der Waals surface area (Å²) >= 11 is 0. The Kier molecular flexibility index (Phi) is 3.15. The summed E-state index contributed by atoms with van der Waals surface area (Å²) in [5.74, 6) is 1.06. The standard InChI is InChI=1S/C13H19N5/c1-2-14-11-4-3-8-17(10-11)12-6-9-18-13(16-12)5-7-15-18/h5-7,9,11,14H,2-4,8,10H2,1H3. The summed E-state index contributed by atoms with van der Waals surface area (Å²) in [6.07, 6.45) is 6.25. The molecule has 3 heterocycles. The maximum atomic E-state index is 4.65. The highest BCUT2D eigenvalue weighted by molar-refractivity contribution is 5.47. The molecule has 0 spiro atoms. The van der Waals surface area contributed by atoms with Crippen LogP contribution in [0.3, 0.4) is 0 Å². The maximum absolute atomic E-state index is 4.65. The smallest absolute Gasteiger partial charge is 0.157 e. The predicted octanol–water partition coefficient (Wildman–Crippen LogP) is 1.31. The molecule has 1 N–H and O–H groups in total. The van der Waals surface area contributed by atoms with Gasteiger partial charge in [-0.3, -0.25) is 0 Å². The Labute approximate surface area is 107 Å². The normalized spacial score (nSPS) is 20.5. The van der Waals surface area contributed by atoms with Crippen molar-refractivity contribution >= 4 is 11.5 Å². The highest BCUT2D eigenvalue weighted by Gasteiger charge is 2.20. The molecule has 1 unspecified atom stereocenters. The molecule has 2 aromatic heterocycles. The molecule has 0 bridgehead atoms. The van der Waals surface area contributed by atoms with Crippen molar-refractivity contribution in [3.8, 4) is 0 Å². The molecule has 5 heteroatoms. The maximum Gasteiger partial charge on any atom is 0.157 e. The fraction of sp³-hybridized carbons (Fsp3) is 0.538. The van der Waals surface area contributed by atoms with Crippen LogP contribution in [0.5, 0.6) is 0 Å². The topological polar surface area (TPSA) is 45.5 Å². The Morgan fingerprint density at radius 3 is 3.28 bits per heavy atom. The van der Waals surface area contributed by atoms with E-state index in [2.05, 4.69) is 27.2 Å². The van der Waals surface area contributed by atoms with Crippen LogP contribution < -0.4 is 10.2 Å². The summed E-state index contributed by atoms with van der Waals surface area (Å²) in [5, 5.41) is 7.70. The molecule has 0 saturated carbocycles. The molecule has 3 rings (SSSR count). The first-order valence-corrected chi connectivity index (χ1v) is 6.65. The van der Waals surface area contributed by atoms with Gasteiger partial charge in [-0.2, -0.15) is 5.10 Å². The van der Waals surface area contributed by atoms with Crippen LogP contribution >= 0.6 is 0 Å². The van der Waals surface area contributed by atoms with E-state index in [-0.39, 0.29) is 0 Å². The average molecular weight is 245 g/mol. The first-order valence-electron chi connectivity index (χ1n) is 6.65. The van der Waals surface area contributed by atoms with Gasteiger partial charge in [0.05, 0.1) is 6.20 Å². The summed E-state index contributed by atoms with van der Waals surface area (Å²) in [6, 6.07) is 4.58. The van der Waals surface area contributed by atoms with Crippen molar-refractivity contribution in [1.29, 1.82) is 0 Å². The molecule has 2 aromatic rings. The van der Waals surface area contributed by atoms with Crippen molar-refractivity contribution in [3.63, 3.8) is 0 Å². The number of anilines is 1. The van der Waals surface area contributed by atoms with Crippen LogP contribution in [0.15, 0.2) is 24.5 Å². The lowest BCUT2D eigenvalue weighted by Gasteiger charge is -2.33. The van der Waals surface area contributed by atoms with Gasteiger partial charge in [0.15, 0.2) is 5.65 Å². The number of nitrogens with one attached hydrogen (secondary N) is 1. The largest absolute Gasteiger partial charge is 0.355 e. The molecule has 0 radical (unpaired) electrons. The summed E-state index contributed by atoms with van der Waals surface area (Å²) in [4.78, 5) is 7.02. The first kappa shape index (κ1) is 11.5. The monoisotopic (exact) mass is 245 g/mol. The van der Waals surface area contributed by atoms with Crippen molar-refractivity contribution in [2.24, 2.45) is 0 Å². The van der Waals surface area contributed by atoms with E-state index in [1.807, 2.05) is 18.3 Å². The zero-order valence-corrected chi connectivity index (χ0v) is 10.7. The van der Waals surface area contributed by atoms with Crippen molar-refractivity contribution in [2.75, 3.05) is 24.5 Å². The zero-order chi connectivity index (χ0) is 12.4. The van der Waals surface area contributed by atoms with Crippen LogP contribution in [0.2, 0.25) is 0 Å². The van der Waals surface area contributed by atoms with Crippen molar-refractivity contribution in [2.45, 2.75) is 25.8 Å². The second-order valence-electron chi connectivity index (χ2n) is 4.76. The quantitative estimate of drug-likeness (QED) is 0.885. The van der Waals surface area contributed by atoms with Crippen molar-refractivity contribution in [3.05, 3.63) is 24.5 Å². The molecular weight excluding hydrogens is 226 g/mol. The summed E-state index contributed by atoms with van der Waals surface area (Å²) in [6.45, 7) is 5.34. The number of hydrogen-bond donors (Lipinski definition) is 1. The second-order valence-corrected chi connectivity index (χ2v) is 4.76. The summed E-state index contributed by atoms with van der Waals surface area (Å²) < 4.78 is 1.80. The third-order valence-electron chi connectivity index (χ3n) is 3.48. The fourth-order valence-corrected chi connectivity index (χ4v) is 2.62. The van der Waals surface area contributed by atoms with Gasteiger partial charge in [-0.1, -0.05) is 6.92 Å². The van der Waals surface area contributed by atoms with E-state index < -0.39 is 0 Å². The Hall–Kier alpha value is -1.62. The zero-order valence-electron chi connectivity index (χ0n) is 10.7. The molecule has 0 amide bonds. The lowest BCUT2D eigenvalue weighted by Crippen LogP contribution is -2.46. The SMILES string of the molecule is CCNC1CCCN(c2ccn3nccc3n2)C1. The molecule has 1 aliphatic heterocycles. The van der Waals surface area contributed by atoms with E-state index in [1.54, 1.807) is 10.7 Å². The fourth-order valence-electron chi connectivity index (χ4n) is 2.62. The molecule has 1 atom stereocenters. The van der Waals surface area contributed by atoms with E-state index in [0.29, 0.717) is 6.04 Å². The predicted molar refractivity (Wildman–Crippen MR) is 71.9 cm³/mol. The van der Waals surface area contributed by atoms with Gasteiger partial charge >= 0.3 is 0 Å². The number of fused-ring (bicyclic) bond motifs is 1. The Morgan fingerprint density at radius 1 is 1.44 bits per heavy atom. The Morgan fingerprint density at radius 2 is 2.39 bits per heavy atom. The van der Waals surface area contributed by atoms with Crippen LogP contribution in [-0.2, 0) is 0 Å². The lowest BCUT2D eigenvalue weighted by atomic mass is 10.1. The van der Waals surface area contributed by atoms with Crippen LogP contribution in [0.1, 0.15) is 19.8 Å².